The molecule has 4 nitrogen and oxygen atoms in total. The van der Waals surface area contributed by atoms with E-state index < -0.39 is 34.8 Å². The highest BCUT2D eigenvalue weighted by Gasteiger charge is 2.38. The topological polar surface area (TPSA) is 72.5 Å². The van der Waals surface area contributed by atoms with E-state index in [1.54, 1.807) is 0 Å². The molecule has 0 saturated heterocycles. The maximum absolute atomic E-state index is 13.2. The monoisotopic (exact) mass is 295 g/mol. The smallest absolute Gasteiger partial charge is 0.313 e. The average Bonchev–Trinajstić information content (AvgIpc) is 2.34. The molecule has 0 aromatic heterocycles. The van der Waals surface area contributed by atoms with E-state index in [-0.39, 0.29) is 18.0 Å². The number of ether oxygens (including phenoxy) is 1. The van der Waals surface area contributed by atoms with Crippen LogP contribution in [0.15, 0.2) is 12.1 Å². The SMILES string of the molecule is COC(=O)C(C)(C)[C@@H](N)c1ccc(F)c(F)c1O.Cl. The third-order valence-electron chi connectivity index (χ3n) is 2.92. The number of halogens is 3. The second-order valence-corrected chi connectivity index (χ2v) is 4.49. The number of benzene rings is 1. The second kappa shape index (κ2) is 6.16. The van der Waals surface area contributed by atoms with Crippen molar-refractivity contribution in [2.24, 2.45) is 11.1 Å². The summed E-state index contributed by atoms with van der Waals surface area (Å²) in [6, 6.07) is 0.959. The lowest BCUT2D eigenvalue weighted by Crippen LogP contribution is -2.37. The number of aromatic hydroxyl groups is 1. The summed E-state index contributed by atoms with van der Waals surface area (Å²) < 4.78 is 30.7. The highest BCUT2D eigenvalue weighted by atomic mass is 35.5. The first-order chi connectivity index (χ1) is 8.23. The zero-order valence-electron chi connectivity index (χ0n) is 10.7. The molecule has 0 aliphatic heterocycles. The number of carbonyl (C=O) groups is 1. The summed E-state index contributed by atoms with van der Waals surface area (Å²) in [5.74, 6) is -4.07. The van der Waals surface area contributed by atoms with E-state index in [0.717, 1.165) is 12.1 Å². The molecule has 0 fully saturated rings. The fraction of sp³-hybridized carbons (Fsp3) is 0.417. The number of carbonyl (C=O) groups excluding carboxylic acids is 1. The summed E-state index contributed by atoms with van der Waals surface area (Å²) in [4.78, 5) is 11.6. The lowest BCUT2D eigenvalue weighted by molar-refractivity contribution is -0.152. The Kier molecular flexibility index (Phi) is 5.71. The third kappa shape index (κ3) is 3.13. The molecule has 1 atom stereocenters. The molecule has 19 heavy (non-hydrogen) atoms. The maximum Gasteiger partial charge on any atom is 0.313 e. The van der Waals surface area contributed by atoms with Gasteiger partial charge in [0.05, 0.1) is 12.5 Å². The Labute approximate surface area is 116 Å². The predicted octanol–water partition coefficient (Wildman–Crippen LogP) is 2.29. The average molecular weight is 296 g/mol. The Morgan fingerprint density at radius 3 is 2.42 bits per heavy atom. The Bertz CT molecular complexity index is 480. The molecule has 0 heterocycles. The van der Waals surface area contributed by atoms with Crippen molar-refractivity contribution in [3.05, 3.63) is 29.3 Å². The van der Waals surface area contributed by atoms with Gasteiger partial charge in [0.1, 0.15) is 0 Å². The number of phenols is 1. The lowest BCUT2D eigenvalue weighted by Gasteiger charge is -2.29. The van der Waals surface area contributed by atoms with Crippen molar-refractivity contribution >= 4 is 18.4 Å². The standard InChI is InChI=1S/C12H15F2NO3.ClH/c1-12(2,11(17)18-3)10(15)6-4-5-7(13)8(14)9(6)16;/h4-5,10,16H,15H2,1-3H3;1H/t10-;/m0./s1. The van der Waals surface area contributed by atoms with E-state index in [0.29, 0.717) is 0 Å². The van der Waals surface area contributed by atoms with E-state index in [1.165, 1.54) is 21.0 Å². The van der Waals surface area contributed by atoms with Gasteiger partial charge < -0.3 is 15.6 Å². The number of hydrogen-bond donors (Lipinski definition) is 2. The number of methoxy groups -OCH3 is 1. The summed E-state index contributed by atoms with van der Waals surface area (Å²) in [7, 11) is 1.20. The molecule has 0 bridgehead atoms. The second-order valence-electron chi connectivity index (χ2n) is 4.49. The van der Waals surface area contributed by atoms with Gasteiger partial charge in [-0.3, -0.25) is 4.79 Å². The minimum Gasteiger partial charge on any atom is -0.505 e. The molecule has 0 aliphatic carbocycles. The number of hydrogen-bond acceptors (Lipinski definition) is 4. The maximum atomic E-state index is 13.2. The molecule has 3 N–H and O–H groups in total. The van der Waals surface area contributed by atoms with Crippen LogP contribution in [-0.2, 0) is 9.53 Å². The van der Waals surface area contributed by atoms with Gasteiger partial charge in [0.15, 0.2) is 11.6 Å². The molecule has 1 aromatic rings. The molecular weight excluding hydrogens is 280 g/mol. The van der Waals surface area contributed by atoms with Crippen molar-refractivity contribution in [2.45, 2.75) is 19.9 Å². The largest absolute Gasteiger partial charge is 0.505 e. The molecular formula is C12H16ClF2NO3. The highest BCUT2D eigenvalue weighted by molar-refractivity contribution is 5.85. The van der Waals surface area contributed by atoms with Gasteiger partial charge in [0.25, 0.3) is 0 Å². The fourth-order valence-corrected chi connectivity index (χ4v) is 1.58. The van der Waals surface area contributed by atoms with Gasteiger partial charge >= 0.3 is 5.97 Å². The zero-order valence-corrected chi connectivity index (χ0v) is 11.6. The normalized spacial score (nSPS) is 12.5. The van der Waals surface area contributed by atoms with Crippen LogP contribution in [0.4, 0.5) is 8.78 Å². The van der Waals surface area contributed by atoms with E-state index in [9.17, 15) is 18.7 Å². The summed E-state index contributed by atoms with van der Waals surface area (Å²) in [5.41, 5.74) is 4.58. The van der Waals surface area contributed by atoms with Gasteiger partial charge in [-0.15, -0.1) is 12.4 Å². The van der Waals surface area contributed by atoms with Crippen LogP contribution in [0.25, 0.3) is 0 Å². The van der Waals surface area contributed by atoms with Crippen molar-refractivity contribution < 1.29 is 23.4 Å². The Morgan fingerprint density at radius 1 is 1.42 bits per heavy atom. The minimum absolute atomic E-state index is 0. The van der Waals surface area contributed by atoms with Crippen molar-refractivity contribution in [3.63, 3.8) is 0 Å². The van der Waals surface area contributed by atoms with Crippen LogP contribution >= 0.6 is 12.4 Å². The minimum atomic E-state index is -1.39. The molecule has 7 heteroatoms. The quantitative estimate of drug-likeness (QED) is 0.839. The molecule has 1 aromatic carbocycles. The van der Waals surface area contributed by atoms with Crippen LogP contribution in [0, 0.1) is 17.0 Å². The number of esters is 1. The zero-order chi connectivity index (χ0) is 14.1. The molecule has 0 radical (unpaired) electrons. The number of phenolic OH excluding ortho intramolecular Hbond substituents is 1. The van der Waals surface area contributed by atoms with Crippen LogP contribution in [0.5, 0.6) is 5.75 Å². The molecule has 0 spiro atoms. The number of nitrogens with two attached hydrogens (primary N) is 1. The molecule has 0 saturated carbocycles. The van der Waals surface area contributed by atoms with Crippen LogP contribution in [0.2, 0.25) is 0 Å². The summed E-state index contributed by atoms with van der Waals surface area (Å²) in [6.45, 7) is 2.98. The molecule has 0 amide bonds. The van der Waals surface area contributed by atoms with Gasteiger partial charge in [0, 0.05) is 11.6 Å². The Hall–Kier alpha value is -1.40. The van der Waals surface area contributed by atoms with Crippen molar-refractivity contribution in [2.75, 3.05) is 7.11 Å². The first-order valence-electron chi connectivity index (χ1n) is 5.24. The third-order valence-corrected chi connectivity index (χ3v) is 2.92. The highest BCUT2D eigenvalue weighted by Crippen LogP contribution is 2.38. The van der Waals surface area contributed by atoms with Crippen LogP contribution in [0.3, 0.4) is 0 Å². The van der Waals surface area contributed by atoms with Gasteiger partial charge in [-0.25, -0.2) is 4.39 Å². The van der Waals surface area contributed by atoms with Crippen molar-refractivity contribution in [1.82, 2.24) is 0 Å². The van der Waals surface area contributed by atoms with E-state index in [2.05, 4.69) is 4.74 Å². The molecule has 0 aliphatic rings. The Morgan fingerprint density at radius 2 is 1.95 bits per heavy atom. The summed E-state index contributed by atoms with van der Waals surface area (Å²) in [5, 5.41) is 9.52. The first kappa shape index (κ1) is 17.6. The van der Waals surface area contributed by atoms with Crippen molar-refractivity contribution in [1.29, 1.82) is 0 Å². The van der Waals surface area contributed by atoms with Crippen LogP contribution < -0.4 is 5.73 Å². The van der Waals surface area contributed by atoms with Gasteiger partial charge in [0.2, 0.25) is 5.82 Å². The van der Waals surface area contributed by atoms with Gasteiger partial charge in [-0.05, 0) is 19.9 Å². The number of rotatable bonds is 3. The van der Waals surface area contributed by atoms with Gasteiger partial charge in [-0.1, -0.05) is 6.07 Å². The molecule has 108 valence electrons. The van der Waals surface area contributed by atoms with Gasteiger partial charge in [-0.2, -0.15) is 4.39 Å². The molecule has 1 rings (SSSR count). The van der Waals surface area contributed by atoms with Crippen LogP contribution in [0.1, 0.15) is 25.5 Å². The van der Waals surface area contributed by atoms with E-state index in [4.69, 9.17) is 5.73 Å². The van der Waals surface area contributed by atoms with Crippen LogP contribution in [-0.4, -0.2) is 18.2 Å². The predicted molar refractivity (Wildman–Crippen MR) is 68.0 cm³/mol. The van der Waals surface area contributed by atoms with E-state index in [1.807, 2.05) is 0 Å². The summed E-state index contributed by atoms with van der Waals surface area (Å²) >= 11 is 0. The Balaban J connectivity index is 0.00000324. The molecule has 0 unspecified atom stereocenters. The lowest BCUT2D eigenvalue weighted by atomic mass is 9.80. The van der Waals surface area contributed by atoms with Crippen molar-refractivity contribution in [3.8, 4) is 5.75 Å². The van der Waals surface area contributed by atoms with E-state index >= 15 is 0 Å². The first-order valence-corrected chi connectivity index (χ1v) is 5.24. The fourth-order valence-electron chi connectivity index (χ4n) is 1.58. The summed E-state index contributed by atoms with van der Waals surface area (Å²) in [6.07, 6.45) is 0.